The molecular weight excluding hydrogens is 260 g/mol. The van der Waals surface area contributed by atoms with Gasteiger partial charge in [-0.25, -0.2) is 4.68 Å². The van der Waals surface area contributed by atoms with E-state index < -0.39 is 0 Å². The number of rotatable bonds is 6. The summed E-state index contributed by atoms with van der Waals surface area (Å²) in [5.74, 6) is 1.89. The van der Waals surface area contributed by atoms with E-state index in [1.165, 1.54) is 44.9 Å². The SMILES string of the molecule is CCCCC1CCC(c2c(C#N)nnn2CC(C)C)CC1. The van der Waals surface area contributed by atoms with E-state index in [0.717, 1.165) is 18.2 Å². The lowest BCUT2D eigenvalue weighted by molar-refractivity contribution is 0.293. The third-order valence-electron chi connectivity index (χ3n) is 4.62. The van der Waals surface area contributed by atoms with Crippen LogP contribution in [0.2, 0.25) is 0 Å². The average Bonchev–Trinajstić information content (AvgIpc) is 2.87. The molecule has 0 aromatic carbocycles. The van der Waals surface area contributed by atoms with Crippen LogP contribution in [-0.4, -0.2) is 15.0 Å². The topological polar surface area (TPSA) is 54.5 Å². The maximum atomic E-state index is 9.30. The van der Waals surface area contributed by atoms with E-state index in [4.69, 9.17) is 0 Å². The van der Waals surface area contributed by atoms with Gasteiger partial charge in [-0.05, 0) is 37.5 Å². The van der Waals surface area contributed by atoms with Crippen molar-refractivity contribution in [3.63, 3.8) is 0 Å². The normalized spacial score (nSPS) is 22.4. The Morgan fingerprint density at radius 2 is 2.00 bits per heavy atom. The molecule has 0 saturated heterocycles. The van der Waals surface area contributed by atoms with Gasteiger partial charge in [-0.1, -0.05) is 45.2 Å². The molecule has 1 fully saturated rings. The second kappa shape index (κ2) is 7.59. The van der Waals surface area contributed by atoms with Crippen LogP contribution in [0.1, 0.15) is 83.0 Å². The third-order valence-corrected chi connectivity index (χ3v) is 4.62. The lowest BCUT2D eigenvalue weighted by Crippen LogP contribution is -2.19. The molecule has 1 aromatic rings. The molecule has 0 aliphatic heterocycles. The number of hydrogen-bond acceptors (Lipinski definition) is 3. The number of nitriles is 1. The summed E-state index contributed by atoms with van der Waals surface area (Å²) in [6, 6.07) is 2.24. The lowest BCUT2D eigenvalue weighted by Gasteiger charge is -2.29. The van der Waals surface area contributed by atoms with Crippen molar-refractivity contribution in [1.82, 2.24) is 15.0 Å². The van der Waals surface area contributed by atoms with Gasteiger partial charge in [0, 0.05) is 12.5 Å². The van der Waals surface area contributed by atoms with Crippen LogP contribution in [0, 0.1) is 23.2 Å². The fourth-order valence-electron chi connectivity index (χ4n) is 3.50. The van der Waals surface area contributed by atoms with Gasteiger partial charge in [-0.2, -0.15) is 5.26 Å². The van der Waals surface area contributed by atoms with E-state index in [0.29, 0.717) is 17.5 Å². The average molecular weight is 288 g/mol. The summed E-state index contributed by atoms with van der Waals surface area (Å²) in [5.41, 5.74) is 1.65. The second-order valence-corrected chi connectivity index (χ2v) is 6.87. The number of hydrogen-bond donors (Lipinski definition) is 0. The first-order valence-electron chi connectivity index (χ1n) is 8.49. The molecule has 4 nitrogen and oxygen atoms in total. The highest BCUT2D eigenvalue weighted by Crippen LogP contribution is 2.38. The summed E-state index contributed by atoms with van der Waals surface area (Å²) in [6.07, 6.45) is 8.99. The summed E-state index contributed by atoms with van der Waals surface area (Å²) in [6.45, 7) is 7.49. The Morgan fingerprint density at radius 1 is 1.29 bits per heavy atom. The zero-order chi connectivity index (χ0) is 15.2. The Kier molecular flexibility index (Phi) is 5.78. The monoisotopic (exact) mass is 288 g/mol. The maximum absolute atomic E-state index is 9.30. The zero-order valence-electron chi connectivity index (χ0n) is 13.7. The van der Waals surface area contributed by atoms with Crippen molar-refractivity contribution in [2.24, 2.45) is 11.8 Å². The van der Waals surface area contributed by atoms with E-state index in [2.05, 4.69) is 37.2 Å². The Labute approximate surface area is 128 Å². The lowest BCUT2D eigenvalue weighted by atomic mass is 9.78. The van der Waals surface area contributed by atoms with Gasteiger partial charge in [0.1, 0.15) is 6.07 Å². The molecule has 4 heteroatoms. The molecule has 21 heavy (non-hydrogen) atoms. The van der Waals surface area contributed by atoms with Gasteiger partial charge in [-0.3, -0.25) is 0 Å². The highest BCUT2D eigenvalue weighted by molar-refractivity contribution is 5.28. The molecule has 0 N–H and O–H groups in total. The van der Waals surface area contributed by atoms with E-state index in [-0.39, 0.29) is 0 Å². The Balaban J connectivity index is 2.05. The first-order chi connectivity index (χ1) is 10.2. The molecule has 1 saturated carbocycles. The van der Waals surface area contributed by atoms with Crippen molar-refractivity contribution >= 4 is 0 Å². The van der Waals surface area contributed by atoms with E-state index in [1.54, 1.807) is 0 Å². The van der Waals surface area contributed by atoms with Crippen LogP contribution in [0.15, 0.2) is 0 Å². The van der Waals surface area contributed by atoms with Crippen LogP contribution in [0.25, 0.3) is 0 Å². The molecule has 1 aliphatic rings. The number of unbranched alkanes of at least 4 members (excludes halogenated alkanes) is 1. The molecule has 0 amide bonds. The van der Waals surface area contributed by atoms with E-state index in [1.807, 2.05) is 4.68 Å². The smallest absolute Gasteiger partial charge is 0.186 e. The van der Waals surface area contributed by atoms with Crippen molar-refractivity contribution in [3.05, 3.63) is 11.4 Å². The zero-order valence-corrected chi connectivity index (χ0v) is 13.7. The molecule has 1 aliphatic carbocycles. The summed E-state index contributed by atoms with van der Waals surface area (Å²) in [7, 11) is 0. The van der Waals surface area contributed by atoms with E-state index in [9.17, 15) is 5.26 Å². The number of aromatic nitrogens is 3. The number of nitrogens with zero attached hydrogens (tertiary/aromatic N) is 4. The summed E-state index contributed by atoms with van der Waals surface area (Å²) in [5, 5.41) is 17.6. The van der Waals surface area contributed by atoms with Crippen LogP contribution >= 0.6 is 0 Å². The van der Waals surface area contributed by atoms with Gasteiger partial charge in [0.05, 0.1) is 5.69 Å². The molecule has 0 atom stereocenters. The highest BCUT2D eigenvalue weighted by Gasteiger charge is 2.28. The van der Waals surface area contributed by atoms with Crippen LogP contribution in [0.3, 0.4) is 0 Å². The predicted molar refractivity (Wildman–Crippen MR) is 83.8 cm³/mol. The Hall–Kier alpha value is -1.37. The Morgan fingerprint density at radius 3 is 2.57 bits per heavy atom. The minimum absolute atomic E-state index is 0.478. The quantitative estimate of drug-likeness (QED) is 0.785. The largest absolute Gasteiger partial charge is 0.247 e. The minimum Gasteiger partial charge on any atom is -0.247 e. The van der Waals surface area contributed by atoms with Crippen molar-refractivity contribution in [1.29, 1.82) is 5.26 Å². The molecule has 2 rings (SSSR count). The molecule has 0 bridgehead atoms. The first kappa shape index (κ1) is 16.0. The van der Waals surface area contributed by atoms with Crippen LogP contribution in [-0.2, 0) is 6.54 Å². The van der Waals surface area contributed by atoms with Crippen molar-refractivity contribution < 1.29 is 0 Å². The third kappa shape index (κ3) is 4.06. The fourth-order valence-corrected chi connectivity index (χ4v) is 3.50. The molecule has 1 heterocycles. The molecule has 0 spiro atoms. The van der Waals surface area contributed by atoms with Crippen molar-refractivity contribution in [2.75, 3.05) is 0 Å². The van der Waals surface area contributed by atoms with E-state index >= 15 is 0 Å². The van der Waals surface area contributed by atoms with Crippen molar-refractivity contribution in [2.45, 2.75) is 78.2 Å². The van der Waals surface area contributed by atoms with Crippen molar-refractivity contribution in [3.8, 4) is 6.07 Å². The van der Waals surface area contributed by atoms with Gasteiger partial charge in [0.15, 0.2) is 5.69 Å². The molecule has 116 valence electrons. The highest BCUT2D eigenvalue weighted by atomic mass is 15.4. The van der Waals surface area contributed by atoms with Gasteiger partial charge < -0.3 is 0 Å². The Bertz CT molecular complexity index is 475. The maximum Gasteiger partial charge on any atom is 0.186 e. The predicted octanol–water partition coefficient (Wildman–Crippen LogP) is 4.27. The minimum atomic E-state index is 0.478. The van der Waals surface area contributed by atoms with Gasteiger partial charge in [-0.15, -0.1) is 5.10 Å². The van der Waals surface area contributed by atoms with Crippen LogP contribution in [0.4, 0.5) is 0 Å². The molecule has 1 aromatic heterocycles. The van der Waals surface area contributed by atoms with Gasteiger partial charge >= 0.3 is 0 Å². The summed E-state index contributed by atoms with van der Waals surface area (Å²) >= 11 is 0. The van der Waals surface area contributed by atoms with Gasteiger partial charge in [0.25, 0.3) is 0 Å². The summed E-state index contributed by atoms with van der Waals surface area (Å²) < 4.78 is 1.99. The summed E-state index contributed by atoms with van der Waals surface area (Å²) in [4.78, 5) is 0. The van der Waals surface area contributed by atoms with Gasteiger partial charge in [0.2, 0.25) is 0 Å². The standard InChI is InChI=1S/C17H28N4/c1-4-5-6-14-7-9-15(10-8-14)17-16(11-18)19-20-21(17)12-13(2)3/h13-15H,4-10,12H2,1-3H3. The second-order valence-electron chi connectivity index (χ2n) is 6.87. The molecular formula is C17H28N4. The van der Waals surface area contributed by atoms with Crippen LogP contribution in [0.5, 0.6) is 0 Å². The fraction of sp³-hybridized carbons (Fsp3) is 0.824. The molecule has 0 unspecified atom stereocenters. The van der Waals surface area contributed by atoms with Crippen LogP contribution < -0.4 is 0 Å². The first-order valence-corrected chi connectivity index (χ1v) is 8.49. The molecule has 0 radical (unpaired) electrons.